The summed E-state index contributed by atoms with van der Waals surface area (Å²) in [7, 11) is 0. The van der Waals surface area contributed by atoms with E-state index >= 15 is 0 Å². The van der Waals surface area contributed by atoms with Crippen molar-refractivity contribution in [2.45, 2.75) is 38.1 Å². The van der Waals surface area contributed by atoms with Crippen molar-refractivity contribution in [3.63, 3.8) is 0 Å². The van der Waals surface area contributed by atoms with Gasteiger partial charge in [0.15, 0.2) is 5.16 Å². The van der Waals surface area contributed by atoms with Crippen molar-refractivity contribution in [1.29, 1.82) is 0 Å². The third kappa shape index (κ3) is 4.08. The number of carbonyl (C=O) groups excluding carboxylic acids is 1. The molecule has 0 radical (unpaired) electrons. The SMILES string of the molecule is Cc1cc(N)nc(SCC(=O)N2C[C@@H](C)O[C@@H](C)C2)n1. The zero-order valence-corrected chi connectivity index (χ0v) is 12.8. The number of nitrogens with two attached hydrogens (primary N) is 1. The predicted molar refractivity (Wildman–Crippen MR) is 78.5 cm³/mol. The number of hydrogen-bond acceptors (Lipinski definition) is 6. The van der Waals surface area contributed by atoms with E-state index in [0.29, 0.717) is 29.8 Å². The number of morpholine rings is 1. The smallest absolute Gasteiger partial charge is 0.233 e. The van der Waals surface area contributed by atoms with Crippen molar-refractivity contribution in [1.82, 2.24) is 14.9 Å². The van der Waals surface area contributed by atoms with E-state index in [4.69, 9.17) is 10.5 Å². The van der Waals surface area contributed by atoms with Crippen molar-refractivity contribution in [3.05, 3.63) is 11.8 Å². The minimum Gasteiger partial charge on any atom is -0.384 e. The minimum atomic E-state index is 0.0820. The van der Waals surface area contributed by atoms with E-state index in [1.54, 1.807) is 6.07 Å². The summed E-state index contributed by atoms with van der Waals surface area (Å²) in [5, 5.41) is 0.546. The summed E-state index contributed by atoms with van der Waals surface area (Å²) in [6.07, 6.45) is 0.164. The number of amides is 1. The summed E-state index contributed by atoms with van der Waals surface area (Å²) in [6.45, 7) is 7.09. The van der Waals surface area contributed by atoms with Crippen molar-refractivity contribution in [2.24, 2.45) is 0 Å². The number of nitrogen functional groups attached to an aromatic ring is 1. The van der Waals surface area contributed by atoms with Gasteiger partial charge in [-0.15, -0.1) is 0 Å². The van der Waals surface area contributed by atoms with Crippen LogP contribution in [0.25, 0.3) is 0 Å². The number of ether oxygens (including phenoxy) is 1. The molecule has 2 heterocycles. The number of hydrogen-bond donors (Lipinski definition) is 1. The maximum absolute atomic E-state index is 12.2. The van der Waals surface area contributed by atoms with Crippen LogP contribution < -0.4 is 5.73 Å². The van der Waals surface area contributed by atoms with Crippen LogP contribution in [0.5, 0.6) is 0 Å². The molecule has 6 nitrogen and oxygen atoms in total. The minimum absolute atomic E-state index is 0.0820. The molecule has 2 atom stereocenters. The Morgan fingerprint density at radius 2 is 2.10 bits per heavy atom. The lowest BCUT2D eigenvalue weighted by Crippen LogP contribution is -2.48. The number of carbonyl (C=O) groups is 1. The van der Waals surface area contributed by atoms with Gasteiger partial charge in [0, 0.05) is 24.8 Å². The monoisotopic (exact) mass is 296 g/mol. The van der Waals surface area contributed by atoms with Crippen LogP contribution in [0.15, 0.2) is 11.2 Å². The van der Waals surface area contributed by atoms with Crippen LogP contribution in [0.2, 0.25) is 0 Å². The van der Waals surface area contributed by atoms with Crippen LogP contribution >= 0.6 is 11.8 Å². The number of aromatic nitrogens is 2. The molecule has 0 bridgehead atoms. The van der Waals surface area contributed by atoms with Crippen LogP contribution in [0.3, 0.4) is 0 Å². The number of thioether (sulfide) groups is 1. The molecule has 0 saturated carbocycles. The molecular weight excluding hydrogens is 276 g/mol. The second-order valence-corrected chi connectivity index (χ2v) is 6.00. The van der Waals surface area contributed by atoms with Gasteiger partial charge in [0.1, 0.15) is 5.82 Å². The average Bonchev–Trinajstić information content (AvgIpc) is 2.33. The van der Waals surface area contributed by atoms with Crippen molar-refractivity contribution < 1.29 is 9.53 Å². The summed E-state index contributed by atoms with van der Waals surface area (Å²) in [5.74, 6) is 0.837. The number of rotatable bonds is 3. The van der Waals surface area contributed by atoms with Crippen molar-refractivity contribution in [2.75, 3.05) is 24.6 Å². The first-order chi connectivity index (χ1) is 9.44. The van der Waals surface area contributed by atoms with Gasteiger partial charge in [-0.1, -0.05) is 11.8 Å². The van der Waals surface area contributed by atoms with E-state index in [1.165, 1.54) is 11.8 Å². The standard InChI is InChI=1S/C13H20N4O2S/c1-8-4-11(14)16-13(15-8)20-7-12(18)17-5-9(2)19-10(3)6-17/h4,9-10H,5-7H2,1-3H3,(H2,14,15,16)/t9-,10+. The van der Waals surface area contributed by atoms with Crippen molar-refractivity contribution in [3.8, 4) is 0 Å². The topological polar surface area (TPSA) is 81.3 Å². The van der Waals surface area contributed by atoms with Crippen LogP contribution in [0.4, 0.5) is 5.82 Å². The van der Waals surface area contributed by atoms with E-state index in [2.05, 4.69) is 9.97 Å². The van der Waals surface area contributed by atoms with Gasteiger partial charge in [-0.2, -0.15) is 0 Å². The van der Waals surface area contributed by atoms with Crippen LogP contribution in [-0.4, -0.2) is 51.8 Å². The largest absolute Gasteiger partial charge is 0.384 e. The first kappa shape index (κ1) is 15.1. The molecule has 1 amide bonds. The van der Waals surface area contributed by atoms with Gasteiger partial charge in [-0.25, -0.2) is 9.97 Å². The van der Waals surface area contributed by atoms with Gasteiger partial charge in [-0.05, 0) is 20.8 Å². The predicted octanol–water partition coefficient (Wildman–Crippen LogP) is 1.10. The van der Waals surface area contributed by atoms with Crippen molar-refractivity contribution >= 4 is 23.5 Å². The molecule has 1 saturated heterocycles. The summed E-state index contributed by atoms with van der Waals surface area (Å²) in [6, 6.07) is 1.71. The maximum Gasteiger partial charge on any atom is 0.233 e. The number of nitrogens with zero attached hydrogens (tertiary/aromatic N) is 3. The molecule has 2 N–H and O–H groups in total. The lowest BCUT2D eigenvalue weighted by atomic mass is 10.2. The Balaban J connectivity index is 1.91. The fraction of sp³-hybridized carbons (Fsp3) is 0.615. The van der Waals surface area contributed by atoms with Crippen LogP contribution in [0.1, 0.15) is 19.5 Å². The molecule has 1 aliphatic heterocycles. The molecule has 110 valence electrons. The first-order valence-corrected chi connectivity index (χ1v) is 7.60. The lowest BCUT2D eigenvalue weighted by Gasteiger charge is -2.35. The third-order valence-corrected chi connectivity index (χ3v) is 3.78. The van der Waals surface area contributed by atoms with Gasteiger partial charge in [0.05, 0.1) is 18.0 Å². The highest BCUT2D eigenvalue weighted by Crippen LogP contribution is 2.17. The fourth-order valence-electron chi connectivity index (χ4n) is 2.23. The van der Waals surface area contributed by atoms with E-state index in [9.17, 15) is 4.79 Å². The molecule has 20 heavy (non-hydrogen) atoms. The van der Waals surface area contributed by atoms with Gasteiger partial charge in [0.25, 0.3) is 0 Å². The maximum atomic E-state index is 12.2. The normalized spacial score (nSPS) is 22.9. The molecule has 0 aliphatic carbocycles. The highest BCUT2D eigenvalue weighted by Gasteiger charge is 2.25. The molecular formula is C13H20N4O2S. The van der Waals surface area contributed by atoms with Crippen LogP contribution in [-0.2, 0) is 9.53 Å². The Hall–Kier alpha value is -1.34. The highest BCUT2D eigenvalue weighted by molar-refractivity contribution is 7.99. The molecule has 1 aliphatic rings. The quantitative estimate of drug-likeness (QED) is 0.664. The zero-order chi connectivity index (χ0) is 14.7. The molecule has 1 aromatic heterocycles. The fourth-order valence-corrected chi connectivity index (χ4v) is 3.04. The Morgan fingerprint density at radius 3 is 2.70 bits per heavy atom. The van der Waals surface area contributed by atoms with Gasteiger partial charge >= 0.3 is 0 Å². The second kappa shape index (κ2) is 6.41. The molecule has 0 spiro atoms. The van der Waals surface area contributed by atoms with E-state index < -0.39 is 0 Å². The highest BCUT2D eigenvalue weighted by atomic mass is 32.2. The Labute approximate surface area is 123 Å². The van der Waals surface area contributed by atoms with Gasteiger partial charge in [0.2, 0.25) is 5.91 Å². The first-order valence-electron chi connectivity index (χ1n) is 6.61. The number of aryl methyl sites for hydroxylation is 1. The average molecular weight is 296 g/mol. The second-order valence-electron chi connectivity index (χ2n) is 5.06. The molecule has 1 fully saturated rings. The molecule has 1 aromatic rings. The molecule has 0 aromatic carbocycles. The lowest BCUT2D eigenvalue weighted by molar-refractivity contribution is -0.140. The Morgan fingerprint density at radius 1 is 1.45 bits per heavy atom. The summed E-state index contributed by atoms with van der Waals surface area (Å²) >= 11 is 1.32. The summed E-state index contributed by atoms with van der Waals surface area (Å²) < 4.78 is 5.62. The van der Waals surface area contributed by atoms with E-state index in [-0.39, 0.29) is 18.1 Å². The zero-order valence-electron chi connectivity index (χ0n) is 12.0. The summed E-state index contributed by atoms with van der Waals surface area (Å²) in [4.78, 5) is 22.4. The molecule has 7 heteroatoms. The van der Waals surface area contributed by atoms with Crippen LogP contribution in [0, 0.1) is 6.92 Å². The molecule has 0 unspecified atom stereocenters. The third-order valence-electron chi connectivity index (χ3n) is 2.95. The Kier molecular flexibility index (Phi) is 4.82. The van der Waals surface area contributed by atoms with Gasteiger partial charge < -0.3 is 15.4 Å². The van der Waals surface area contributed by atoms with Gasteiger partial charge in [-0.3, -0.25) is 4.79 Å². The van der Waals surface area contributed by atoms with E-state index in [0.717, 1.165) is 5.69 Å². The molecule has 2 rings (SSSR count). The van der Waals surface area contributed by atoms with E-state index in [1.807, 2.05) is 25.7 Å². The summed E-state index contributed by atoms with van der Waals surface area (Å²) in [5.41, 5.74) is 6.48. The Bertz CT molecular complexity index is 467. The number of anilines is 1.